The Morgan fingerprint density at radius 2 is 2.22 bits per heavy atom. The van der Waals surface area contributed by atoms with Gasteiger partial charge in [0.2, 0.25) is 0 Å². The van der Waals surface area contributed by atoms with Crippen molar-refractivity contribution in [1.82, 2.24) is 10.3 Å². The first-order valence-corrected chi connectivity index (χ1v) is 5.75. The molecule has 5 heteroatoms. The van der Waals surface area contributed by atoms with Gasteiger partial charge in [0, 0.05) is 29.2 Å². The zero-order chi connectivity index (χ0) is 13.1. The standard InChI is InChI=1S/C13H16N2O3/c1-14-6-11(17)13(18)9-3-2-4-10-12(9)8(7-16)5-15-10/h2-5,7,11,13-15,17-18H,6H2,1H3. The van der Waals surface area contributed by atoms with Crippen molar-refractivity contribution in [2.24, 2.45) is 0 Å². The Balaban J connectivity index is 2.49. The second kappa shape index (κ2) is 5.30. The summed E-state index contributed by atoms with van der Waals surface area (Å²) in [5, 5.41) is 23.4. The maximum absolute atomic E-state index is 11.0. The minimum absolute atomic E-state index is 0.276. The molecule has 0 saturated carbocycles. The highest BCUT2D eigenvalue weighted by atomic mass is 16.3. The second-order valence-corrected chi connectivity index (χ2v) is 4.20. The molecule has 2 rings (SSSR count). The third-order valence-corrected chi connectivity index (χ3v) is 2.99. The number of hydrogen-bond acceptors (Lipinski definition) is 4. The molecular formula is C13H16N2O3. The van der Waals surface area contributed by atoms with E-state index in [2.05, 4.69) is 10.3 Å². The molecule has 1 heterocycles. The highest BCUT2D eigenvalue weighted by Crippen LogP contribution is 2.28. The summed E-state index contributed by atoms with van der Waals surface area (Å²) in [5.41, 5.74) is 1.81. The number of aromatic amines is 1. The molecule has 2 atom stereocenters. The summed E-state index contributed by atoms with van der Waals surface area (Å²) < 4.78 is 0. The van der Waals surface area contributed by atoms with Gasteiger partial charge in [-0.2, -0.15) is 0 Å². The molecule has 0 aliphatic carbocycles. The van der Waals surface area contributed by atoms with E-state index in [-0.39, 0.29) is 6.54 Å². The number of carbonyl (C=O) groups is 1. The summed E-state index contributed by atoms with van der Waals surface area (Å²) in [7, 11) is 1.70. The molecule has 96 valence electrons. The van der Waals surface area contributed by atoms with Crippen molar-refractivity contribution >= 4 is 17.2 Å². The van der Waals surface area contributed by atoms with Crippen molar-refractivity contribution in [3.63, 3.8) is 0 Å². The zero-order valence-corrected chi connectivity index (χ0v) is 10.1. The van der Waals surface area contributed by atoms with E-state index in [1.165, 1.54) is 0 Å². The predicted molar refractivity (Wildman–Crippen MR) is 68.6 cm³/mol. The number of aldehydes is 1. The first-order valence-electron chi connectivity index (χ1n) is 5.75. The minimum atomic E-state index is -1.03. The van der Waals surface area contributed by atoms with E-state index in [0.29, 0.717) is 16.5 Å². The molecule has 0 radical (unpaired) electrons. The van der Waals surface area contributed by atoms with Crippen molar-refractivity contribution in [1.29, 1.82) is 0 Å². The first kappa shape index (κ1) is 12.8. The van der Waals surface area contributed by atoms with E-state index in [9.17, 15) is 15.0 Å². The van der Waals surface area contributed by atoms with E-state index < -0.39 is 12.2 Å². The summed E-state index contributed by atoms with van der Waals surface area (Å²) in [4.78, 5) is 13.9. The molecule has 0 fully saturated rings. The van der Waals surface area contributed by atoms with Gasteiger partial charge in [0.05, 0.1) is 6.10 Å². The van der Waals surface area contributed by atoms with Gasteiger partial charge in [0.1, 0.15) is 6.10 Å². The number of aliphatic hydroxyl groups excluding tert-OH is 2. The molecule has 0 saturated heterocycles. The van der Waals surface area contributed by atoms with Gasteiger partial charge < -0.3 is 20.5 Å². The van der Waals surface area contributed by atoms with Crippen LogP contribution in [0.1, 0.15) is 22.0 Å². The lowest BCUT2D eigenvalue weighted by Crippen LogP contribution is -2.29. The lowest BCUT2D eigenvalue weighted by molar-refractivity contribution is 0.0211. The van der Waals surface area contributed by atoms with Gasteiger partial charge in [0.15, 0.2) is 6.29 Å². The number of rotatable bonds is 5. The first-order chi connectivity index (χ1) is 8.69. The van der Waals surface area contributed by atoms with Gasteiger partial charge in [-0.3, -0.25) is 4.79 Å². The maximum Gasteiger partial charge on any atom is 0.152 e. The molecule has 2 aromatic rings. The average molecular weight is 248 g/mol. The molecule has 1 aromatic carbocycles. The zero-order valence-electron chi connectivity index (χ0n) is 10.1. The second-order valence-electron chi connectivity index (χ2n) is 4.20. The number of hydrogen-bond donors (Lipinski definition) is 4. The number of H-pyrrole nitrogens is 1. The van der Waals surface area contributed by atoms with Crippen LogP contribution in [0.15, 0.2) is 24.4 Å². The van der Waals surface area contributed by atoms with Crippen molar-refractivity contribution in [3.8, 4) is 0 Å². The molecule has 2 unspecified atom stereocenters. The molecule has 0 amide bonds. The smallest absolute Gasteiger partial charge is 0.152 e. The SMILES string of the molecule is CNCC(O)C(O)c1cccc2[nH]cc(C=O)c12. The maximum atomic E-state index is 11.0. The third-order valence-electron chi connectivity index (χ3n) is 2.99. The average Bonchev–Trinajstić information content (AvgIpc) is 2.81. The van der Waals surface area contributed by atoms with Crippen LogP contribution < -0.4 is 5.32 Å². The van der Waals surface area contributed by atoms with Gasteiger partial charge in [-0.25, -0.2) is 0 Å². The summed E-state index contributed by atoms with van der Waals surface area (Å²) >= 11 is 0. The Morgan fingerprint density at radius 1 is 1.44 bits per heavy atom. The van der Waals surface area contributed by atoms with Crippen LogP contribution in [-0.4, -0.2) is 41.2 Å². The van der Waals surface area contributed by atoms with Crippen molar-refractivity contribution in [2.45, 2.75) is 12.2 Å². The summed E-state index contributed by atoms with van der Waals surface area (Å²) in [6.07, 6.45) is 0.378. The molecule has 0 aliphatic heterocycles. The van der Waals surface area contributed by atoms with E-state index in [1.807, 2.05) is 6.07 Å². The quantitative estimate of drug-likeness (QED) is 0.584. The van der Waals surface area contributed by atoms with Crippen LogP contribution in [0, 0.1) is 0 Å². The van der Waals surface area contributed by atoms with Gasteiger partial charge in [0.25, 0.3) is 0 Å². The van der Waals surface area contributed by atoms with Gasteiger partial charge in [-0.1, -0.05) is 12.1 Å². The molecule has 5 nitrogen and oxygen atoms in total. The number of carbonyl (C=O) groups excluding carboxylic acids is 1. The van der Waals surface area contributed by atoms with E-state index in [1.54, 1.807) is 25.4 Å². The Hall–Kier alpha value is -1.69. The van der Waals surface area contributed by atoms with Crippen LogP contribution in [0.3, 0.4) is 0 Å². The number of likely N-dealkylation sites (N-methyl/N-ethyl adjacent to an activating group) is 1. The summed E-state index contributed by atoms with van der Waals surface area (Å²) in [6, 6.07) is 5.31. The Kier molecular flexibility index (Phi) is 3.76. The van der Waals surface area contributed by atoms with E-state index >= 15 is 0 Å². The molecule has 1 aromatic heterocycles. The van der Waals surface area contributed by atoms with Crippen LogP contribution in [0.25, 0.3) is 10.9 Å². The lowest BCUT2D eigenvalue weighted by Gasteiger charge is -2.18. The fourth-order valence-electron chi connectivity index (χ4n) is 2.11. The Bertz CT molecular complexity index is 550. The molecule has 18 heavy (non-hydrogen) atoms. The normalized spacial score (nSPS) is 14.6. The predicted octanol–water partition coefficient (Wildman–Crippen LogP) is 0.594. The number of fused-ring (bicyclic) bond motifs is 1. The van der Waals surface area contributed by atoms with Crippen LogP contribution in [0.4, 0.5) is 0 Å². The number of aromatic nitrogens is 1. The summed E-state index contributed by atoms with van der Waals surface area (Å²) in [5.74, 6) is 0. The highest BCUT2D eigenvalue weighted by molar-refractivity contribution is 5.99. The van der Waals surface area contributed by atoms with Gasteiger partial charge >= 0.3 is 0 Å². The fourth-order valence-corrected chi connectivity index (χ4v) is 2.11. The van der Waals surface area contributed by atoms with E-state index in [0.717, 1.165) is 11.8 Å². The van der Waals surface area contributed by atoms with Gasteiger partial charge in [-0.15, -0.1) is 0 Å². The van der Waals surface area contributed by atoms with E-state index in [4.69, 9.17) is 0 Å². The molecule has 4 N–H and O–H groups in total. The van der Waals surface area contributed by atoms with Crippen LogP contribution >= 0.6 is 0 Å². The largest absolute Gasteiger partial charge is 0.389 e. The monoisotopic (exact) mass is 248 g/mol. The van der Waals surface area contributed by atoms with Crippen LogP contribution in [0.2, 0.25) is 0 Å². The van der Waals surface area contributed by atoms with Crippen LogP contribution in [0.5, 0.6) is 0 Å². The molecule has 0 bridgehead atoms. The number of aliphatic hydroxyl groups is 2. The molecular weight excluding hydrogens is 232 g/mol. The van der Waals surface area contributed by atoms with Crippen molar-refractivity contribution < 1.29 is 15.0 Å². The molecule has 0 aliphatic rings. The minimum Gasteiger partial charge on any atom is -0.389 e. The number of benzene rings is 1. The Labute approximate surface area is 104 Å². The van der Waals surface area contributed by atoms with Crippen LogP contribution in [-0.2, 0) is 0 Å². The van der Waals surface area contributed by atoms with Crippen molar-refractivity contribution in [3.05, 3.63) is 35.5 Å². The van der Waals surface area contributed by atoms with Crippen molar-refractivity contribution in [2.75, 3.05) is 13.6 Å². The topological polar surface area (TPSA) is 85.3 Å². The number of nitrogens with one attached hydrogen (secondary N) is 2. The highest BCUT2D eigenvalue weighted by Gasteiger charge is 2.21. The van der Waals surface area contributed by atoms with Gasteiger partial charge in [-0.05, 0) is 18.7 Å². The summed E-state index contributed by atoms with van der Waals surface area (Å²) in [6.45, 7) is 0.276. The lowest BCUT2D eigenvalue weighted by atomic mass is 9.98. The third kappa shape index (κ3) is 2.15. The molecule has 0 spiro atoms. The Morgan fingerprint density at radius 3 is 2.89 bits per heavy atom. The fraction of sp³-hybridized carbons (Fsp3) is 0.308.